The van der Waals surface area contributed by atoms with Crippen molar-refractivity contribution in [2.75, 3.05) is 11.1 Å². The number of halogens is 6. The van der Waals surface area contributed by atoms with Crippen LogP contribution in [-0.2, 0) is 22.4 Å². The third-order valence-corrected chi connectivity index (χ3v) is 8.61. The molecule has 0 bridgehead atoms. The molecule has 0 radical (unpaired) electrons. The van der Waals surface area contributed by atoms with E-state index >= 15 is 0 Å². The van der Waals surface area contributed by atoms with Crippen LogP contribution in [0.1, 0.15) is 55.4 Å². The standard InChI is InChI=1S/C25H16ClF5N2O4S/c26-17-4-3-13(27)9-16(17)22-21-18(32-23(34)11-6-12(25(29,30)31)8-14(28)7-11)10-19-15(20(21)24(35)33-22)2-1-5-38(19,36)37/h3-4,6-10,22H,1-2,5H2,(H,32,34)(H,33,35). The first-order chi connectivity index (χ1) is 17.8. The van der Waals surface area contributed by atoms with E-state index in [9.17, 15) is 40.0 Å². The van der Waals surface area contributed by atoms with Crippen molar-refractivity contribution in [1.82, 2.24) is 5.32 Å². The number of carbonyl (C=O) groups excluding carboxylic acids is 2. The van der Waals surface area contributed by atoms with Gasteiger partial charge in [-0.25, -0.2) is 17.2 Å². The highest BCUT2D eigenvalue weighted by Gasteiger charge is 2.40. The van der Waals surface area contributed by atoms with Gasteiger partial charge in [0.2, 0.25) is 0 Å². The fourth-order valence-corrected chi connectivity index (χ4v) is 6.62. The van der Waals surface area contributed by atoms with Crippen LogP contribution in [0.15, 0.2) is 47.4 Å². The second-order valence-corrected chi connectivity index (χ2v) is 11.3. The number of rotatable bonds is 3. The molecule has 2 amide bonds. The lowest BCUT2D eigenvalue weighted by Gasteiger charge is -2.23. The minimum absolute atomic E-state index is 0.0541. The number of sulfone groups is 1. The third kappa shape index (κ3) is 4.51. The molecule has 2 aliphatic rings. The summed E-state index contributed by atoms with van der Waals surface area (Å²) in [4.78, 5) is 25.9. The predicted octanol–water partition coefficient (Wildman–Crippen LogP) is 5.44. The van der Waals surface area contributed by atoms with Gasteiger partial charge in [-0.05, 0) is 60.9 Å². The summed E-state index contributed by atoms with van der Waals surface area (Å²) in [7, 11) is -3.87. The fourth-order valence-electron chi connectivity index (χ4n) is 4.78. The molecule has 6 nitrogen and oxygen atoms in total. The van der Waals surface area contributed by atoms with Gasteiger partial charge in [-0.1, -0.05) is 11.6 Å². The summed E-state index contributed by atoms with van der Waals surface area (Å²) in [6.07, 6.45) is -4.48. The Morgan fingerprint density at radius 2 is 1.79 bits per heavy atom. The van der Waals surface area contributed by atoms with Crippen molar-refractivity contribution in [1.29, 1.82) is 0 Å². The van der Waals surface area contributed by atoms with Crippen LogP contribution in [0, 0.1) is 11.6 Å². The van der Waals surface area contributed by atoms with Crippen molar-refractivity contribution in [3.63, 3.8) is 0 Å². The maximum Gasteiger partial charge on any atom is 0.416 e. The average molecular weight is 571 g/mol. The molecule has 0 saturated carbocycles. The summed E-state index contributed by atoms with van der Waals surface area (Å²) in [6, 6.07) is 4.66. The number of hydrogen-bond donors (Lipinski definition) is 2. The average Bonchev–Trinajstić information content (AvgIpc) is 3.17. The number of anilines is 1. The van der Waals surface area contributed by atoms with Gasteiger partial charge in [-0.3, -0.25) is 9.59 Å². The summed E-state index contributed by atoms with van der Waals surface area (Å²) in [5, 5.41) is 5.03. The molecular formula is C25H16ClF5N2O4S. The Labute approximate surface area is 217 Å². The quantitative estimate of drug-likeness (QED) is 0.410. The van der Waals surface area contributed by atoms with Crippen LogP contribution < -0.4 is 10.6 Å². The van der Waals surface area contributed by atoms with E-state index in [1.807, 2.05) is 0 Å². The van der Waals surface area contributed by atoms with E-state index in [2.05, 4.69) is 10.6 Å². The van der Waals surface area contributed by atoms with Crippen LogP contribution >= 0.6 is 11.6 Å². The summed E-state index contributed by atoms with van der Waals surface area (Å²) < 4.78 is 93.3. The monoisotopic (exact) mass is 570 g/mol. The highest BCUT2D eigenvalue weighted by atomic mass is 35.5. The first-order valence-corrected chi connectivity index (χ1v) is 13.2. The molecule has 198 valence electrons. The van der Waals surface area contributed by atoms with Gasteiger partial charge in [-0.15, -0.1) is 0 Å². The van der Waals surface area contributed by atoms with Gasteiger partial charge in [0.05, 0.1) is 27.8 Å². The molecule has 1 unspecified atom stereocenters. The third-order valence-electron chi connectivity index (χ3n) is 6.40. The number of hydrogen-bond acceptors (Lipinski definition) is 4. The normalized spacial score (nSPS) is 17.9. The number of alkyl halides is 3. The van der Waals surface area contributed by atoms with Crippen molar-refractivity contribution < 1.29 is 40.0 Å². The number of benzene rings is 3. The highest BCUT2D eigenvalue weighted by Crippen LogP contribution is 2.44. The first kappa shape index (κ1) is 26.1. The van der Waals surface area contributed by atoms with Crippen molar-refractivity contribution in [2.45, 2.75) is 30.0 Å². The lowest BCUT2D eigenvalue weighted by Crippen LogP contribution is -2.22. The molecule has 0 spiro atoms. The first-order valence-electron chi connectivity index (χ1n) is 11.1. The van der Waals surface area contributed by atoms with E-state index in [4.69, 9.17) is 11.6 Å². The Balaban J connectivity index is 1.70. The molecule has 5 rings (SSSR count). The number of carbonyl (C=O) groups is 2. The zero-order chi connectivity index (χ0) is 27.6. The molecule has 1 atom stereocenters. The van der Waals surface area contributed by atoms with E-state index in [0.29, 0.717) is 12.1 Å². The second-order valence-electron chi connectivity index (χ2n) is 8.86. The van der Waals surface area contributed by atoms with Gasteiger partial charge in [0, 0.05) is 27.4 Å². The lowest BCUT2D eigenvalue weighted by molar-refractivity contribution is -0.137. The zero-order valence-electron chi connectivity index (χ0n) is 19.0. The minimum Gasteiger partial charge on any atom is -0.341 e. The fraction of sp³-hybridized carbons (Fsp3) is 0.200. The molecule has 2 aliphatic heterocycles. The van der Waals surface area contributed by atoms with Gasteiger partial charge < -0.3 is 10.6 Å². The smallest absolute Gasteiger partial charge is 0.341 e. The molecule has 3 aromatic carbocycles. The number of nitrogens with one attached hydrogen (secondary N) is 2. The summed E-state index contributed by atoms with van der Waals surface area (Å²) in [5.74, 6) is -4.10. The van der Waals surface area contributed by atoms with Gasteiger partial charge in [0.1, 0.15) is 11.6 Å². The SMILES string of the molecule is O=C(Nc1cc2c(c3c1C(c1cc(F)ccc1Cl)NC3=O)CCCS2(=O)=O)c1cc(F)cc(C(F)(F)F)c1. The van der Waals surface area contributed by atoms with Gasteiger partial charge in [-0.2, -0.15) is 13.2 Å². The van der Waals surface area contributed by atoms with E-state index in [1.165, 1.54) is 6.07 Å². The van der Waals surface area contributed by atoms with E-state index in [0.717, 1.165) is 18.2 Å². The van der Waals surface area contributed by atoms with Crippen molar-refractivity contribution in [3.8, 4) is 0 Å². The molecule has 2 heterocycles. The van der Waals surface area contributed by atoms with Crippen molar-refractivity contribution >= 4 is 38.9 Å². The molecule has 0 saturated heterocycles. The summed E-state index contributed by atoms with van der Waals surface area (Å²) in [5.41, 5.74) is -1.98. The molecule has 2 N–H and O–H groups in total. The van der Waals surface area contributed by atoms with Gasteiger partial charge in [0.25, 0.3) is 11.8 Å². The van der Waals surface area contributed by atoms with Crippen LogP contribution in [0.5, 0.6) is 0 Å². The van der Waals surface area contributed by atoms with E-state index < -0.39 is 56.6 Å². The topological polar surface area (TPSA) is 92.3 Å². The Morgan fingerprint density at radius 1 is 1.05 bits per heavy atom. The van der Waals surface area contributed by atoms with Crippen molar-refractivity contribution in [2.24, 2.45) is 0 Å². The Hall–Kier alpha value is -3.51. The van der Waals surface area contributed by atoms with Crippen LogP contribution in [0.2, 0.25) is 5.02 Å². The largest absolute Gasteiger partial charge is 0.416 e. The van der Waals surface area contributed by atoms with Gasteiger partial charge in [0.15, 0.2) is 9.84 Å². The van der Waals surface area contributed by atoms with Crippen LogP contribution in [0.25, 0.3) is 0 Å². The van der Waals surface area contributed by atoms with Crippen LogP contribution in [0.3, 0.4) is 0 Å². The predicted molar refractivity (Wildman–Crippen MR) is 127 cm³/mol. The molecule has 13 heteroatoms. The van der Waals surface area contributed by atoms with E-state index in [1.54, 1.807) is 0 Å². The molecule has 38 heavy (non-hydrogen) atoms. The Morgan fingerprint density at radius 3 is 2.50 bits per heavy atom. The Kier molecular flexibility index (Phi) is 6.22. The van der Waals surface area contributed by atoms with Crippen LogP contribution in [0.4, 0.5) is 27.6 Å². The minimum atomic E-state index is -4.94. The van der Waals surface area contributed by atoms with Crippen LogP contribution in [-0.4, -0.2) is 26.0 Å². The van der Waals surface area contributed by atoms with Gasteiger partial charge >= 0.3 is 6.18 Å². The molecule has 0 aromatic heterocycles. The zero-order valence-corrected chi connectivity index (χ0v) is 20.6. The molecular weight excluding hydrogens is 555 g/mol. The Bertz CT molecular complexity index is 1640. The summed E-state index contributed by atoms with van der Waals surface area (Å²) >= 11 is 6.26. The second kappa shape index (κ2) is 9.05. The van der Waals surface area contributed by atoms with Crippen molar-refractivity contribution in [3.05, 3.63) is 92.5 Å². The maximum absolute atomic E-state index is 14.1. The number of amides is 2. The molecule has 0 fully saturated rings. The maximum atomic E-state index is 14.1. The lowest BCUT2D eigenvalue weighted by atomic mass is 9.91. The number of fused-ring (bicyclic) bond motifs is 3. The summed E-state index contributed by atoms with van der Waals surface area (Å²) in [6.45, 7) is 0. The molecule has 0 aliphatic carbocycles. The highest BCUT2D eigenvalue weighted by molar-refractivity contribution is 7.91. The van der Waals surface area contributed by atoms with E-state index in [-0.39, 0.29) is 62.5 Å². The molecule has 3 aromatic rings.